The molecule has 1 saturated heterocycles. The second-order valence-electron chi connectivity index (χ2n) is 4.97. The van der Waals surface area contributed by atoms with Gasteiger partial charge in [-0.1, -0.05) is 6.07 Å². The molecule has 1 aliphatic rings. The summed E-state index contributed by atoms with van der Waals surface area (Å²) in [6.07, 6.45) is 1.85. The predicted molar refractivity (Wildman–Crippen MR) is 77.8 cm³/mol. The van der Waals surface area contributed by atoms with Gasteiger partial charge in [-0.05, 0) is 30.7 Å². The van der Waals surface area contributed by atoms with Crippen molar-refractivity contribution in [1.82, 2.24) is 4.31 Å². The Morgan fingerprint density at radius 3 is 2.40 bits per heavy atom. The van der Waals surface area contributed by atoms with E-state index in [2.05, 4.69) is 0 Å². The quantitative estimate of drug-likeness (QED) is 0.875. The number of nitrogens with zero attached hydrogens (tertiary/aromatic N) is 2. The lowest BCUT2D eigenvalue weighted by atomic mass is 10.1. The van der Waals surface area contributed by atoms with Crippen LogP contribution in [-0.2, 0) is 16.4 Å². The highest BCUT2D eigenvalue weighted by molar-refractivity contribution is 7.88. The Hall–Kier alpha value is -1.18. The van der Waals surface area contributed by atoms with Gasteiger partial charge in [0.05, 0.1) is 11.9 Å². The van der Waals surface area contributed by atoms with Gasteiger partial charge in [0.1, 0.15) is 5.82 Å². The molecule has 0 spiro atoms. The summed E-state index contributed by atoms with van der Waals surface area (Å²) in [5, 5.41) is 0. The van der Waals surface area contributed by atoms with E-state index in [9.17, 15) is 12.8 Å². The van der Waals surface area contributed by atoms with Crippen LogP contribution in [0.15, 0.2) is 18.2 Å². The zero-order valence-electron chi connectivity index (χ0n) is 11.5. The zero-order valence-corrected chi connectivity index (χ0v) is 12.4. The van der Waals surface area contributed by atoms with E-state index in [1.165, 1.54) is 16.6 Å². The molecule has 1 aromatic rings. The molecule has 20 heavy (non-hydrogen) atoms. The molecule has 0 radical (unpaired) electrons. The van der Waals surface area contributed by atoms with Gasteiger partial charge >= 0.3 is 0 Å². The van der Waals surface area contributed by atoms with E-state index in [0.717, 1.165) is 5.56 Å². The van der Waals surface area contributed by atoms with Gasteiger partial charge in [0.25, 0.3) is 0 Å². The number of halogens is 1. The Bertz CT molecular complexity index is 569. The van der Waals surface area contributed by atoms with Crippen LogP contribution in [0.2, 0.25) is 0 Å². The van der Waals surface area contributed by atoms with E-state index in [1.54, 1.807) is 6.07 Å². The standard InChI is InChI=1S/C13H20FN3O2S/c1-20(18,19)17-8-6-16(7-9-17)13-3-2-11(4-5-15)10-12(13)14/h2-3,10H,4-9,15H2,1H3. The van der Waals surface area contributed by atoms with Crippen molar-refractivity contribution in [2.75, 3.05) is 43.9 Å². The van der Waals surface area contributed by atoms with Gasteiger partial charge in [0.2, 0.25) is 10.0 Å². The average Bonchev–Trinajstić information content (AvgIpc) is 2.38. The third-order valence-corrected chi connectivity index (χ3v) is 4.80. The minimum absolute atomic E-state index is 0.274. The Balaban J connectivity index is 2.07. The largest absolute Gasteiger partial charge is 0.367 e. The van der Waals surface area contributed by atoms with Crippen LogP contribution >= 0.6 is 0 Å². The summed E-state index contributed by atoms with van der Waals surface area (Å²) in [6.45, 7) is 2.28. The van der Waals surface area contributed by atoms with E-state index in [1.807, 2.05) is 11.0 Å². The van der Waals surface area contributed by atoms with Gasteiger partial charge in [-0.25, -0.2) is 12.8 Å². The first-order valence-corrected chi connectivity index (χ1v) is 8.45. The summed E-state index contributed by atoms with van der Waals surface area (Å²) >= 11 is 0. The minimum Gasteiger partial charge on any atom is -0.367 e. The first kappa shape index (κ1) is 15.2. The van der Waals surface area contributed by atoms with Crippen molar-refractivity contribution in [2.45, 2.75) is 6.42 Å². The molecule has 2 N–H and O–H groups in total. The Morgan fingerprint density at radius 1 is 1.25 bits per heavy atom. The number of piperazine rings is 1. The molecule has 1 fully saturated rings. The van der Waals surface area contributed by atoms with E-state index < -0.39 is 10.0 Å². The maximum atomic E-state index is 14.1. The number of hydrogen-bond acceptors (Lipinski definition) is 4. The van der Waals surface area contributed by atoms with E-state index in [-0.39, 0.29) is 5.82 Å². The maximum Gasteiger partial charge on any atom is 0.211 e. The van der Waals surface area contributed by atoms with Crippen LogP contribution in [0.5, 0.6) is 0 Å². The van der Waals surface area contributed by atoms with Crippen LogP contribution in [-0.4, -0.2) is 51.7 Å². The number of hydrogen-bond donors (Lipinski definition) is 1. The smallest absolute Gasteiger partial charge is 0.211 e. The van der Waals surface area contributed by atoms with Gasteiger partial charge in [0.15, 0.2) is 0 Å². The Kier molecular flexibility index (Phi) is 4.62. The van der Waals surface area contributed by atoms with Crippen molar-refractivity contribution in [1.29, 1.82) is 0 Å². The zero-order chi connectivity index (χ0) is 14.8. The van der Waals surface area contributed by atoms with Crippen molar-refractivity contribution in [3.8, 4) is 0 Å². The lowest BCUT2D eigenvalue weighted by Crippen LogP contribution is -2.48. The minimum atomic E-state index is -3.16. The molecule has 0 atom stereocenters. The summed E-state index contributed by atoms with van der Waals surface area (Å²) in [6, 6.07) is 5.12. The molecule has 0 saturated carbocycles. The molecular formula is C13H20FN3O2S. The number of sulfonamides is 1. The molecular weight excluding hydrogens is 281 g/mol. The monoisotopic (exact) mass is 301 g/mol. The highest BCUT2D eigenvalue weighted by Gasteiger charge is 2.24. The molecule has 0 amide bonds. The van der Waals surface area contributed by atoms with E-state index in [4.69, 9.17) is 5.73 Å². The molecule has 112 valence electrons. The van der Waals surface area contributed by atoms with Crippen LogP contribution in [0.25, 0.3) is 0 Å². The third kappa shape index (κ3) is 3.47. The van der Waals surface area contributed by atoms with Gasteiger partial charge in [-0.15, -0.1) is 0 Å². The molecule has 0 bridgehead atoms. The first-order chi connectivity index (χ1) is 9.41. The van der Waals surface area contributed by atoms with Crippen molar-refractivity contribution >= 4 is 15.7 Å². The molecule has 1 aromatic carbocycles. The fraction of sp³-hybridized carbons (Fsp3) is 0.538. The van der Waals surface area contributed by atoms with Gasteiger partial charge in [0, 0.05) is 26.2 Å². The summed E-state index contributed by atoms with van der Waals surface area (Å²) in [7, 11) is -3.16. The SMILES string of the molecule is CS(=O)(=O)N1CCN(c2ccc(CCN)cc2F)CC1. The molecule has 7 heteroatoms. The predicted octanol–water partition coefficient (Wildman–Crippen LogP) is 0.408. The topological polar surface area (TPSA) is 66.6 Å². The first-order valence-electron chi connectivity index (χ1n) is 6.60. The Morgan fingerprint density at radius 2 is 1.90 bits per heavy atom. The molecule has 1 heterocycles. The molecule has 2 rings (SSSR count). The lowest BCUT2D eigenvalue weighted by molar-refractivity contribution is 0.386. The second kappa shape index (κ2) is 6.07. The fourth-order valence-electron chi connectivity index (χ4n) is 2.39. The number of rotatable bonds is 4. The highest BCUT2D eigenvalue weighted by Crippen LogP contribution is 2.22. The van der Waals surface area contributed by atoms with E-state index >= 15 is 0 Å². The van der Waals surface area contributed by atoms with Crippen molar-refractivity contribution in [3.63, 3.8) is 0 Å². The van der Waals surface area contributed by atoms with Crippen LogP contribution in [0.1, 0.15) is 5.56 Å². The highest BCUT2D eigenvalue weighted by atomic mass is 32.2. The molecule has 5 nitrogen and oxygen atoms in total. The maximum absolute atomic E-state index is 14.1. The van der Waals surface area contributed by atoms with Crippen LogP contribution in [0.4, 0.5) is 10.1 Å². The molecule has 0 aromatic heterocycles. The lowest BCUT2D eigenvalue weighted by Gasteiger charge is -2.34. The van der Waals surface area contributed by atoms with Crippen molar-refractivity contribution < 1.29 is 12.8 Å². The molecule has 0 aliphatic carbocycles. The number of benzene rings is 1. The molecule has 1 aliphatic heterocycles. The van der Waals surface area contributed by atoms with Crippen LogP contribution in [0, 0.1) is 5.82 Å². The Labute approximate surface area is 119 Å². The summed E-state index contributed by atoms with van der Waals surface area (Å²) in [4.78, 5) is 1.88. The van der Waals surface area contributed by atoms with Gasteiger partial charge in [-0.2, -0.15) is 4.31 Å². The van der Waals surface area contributed by atoms with Crippen LogP contribution < -0.4 is 10.6 Å². The fourth-order valence-corrected chi connectivity index (χ4v) is 3.22. The number of nitrogens with two attached hydrogens (primary N) is 1. The molecule has 0 unspecified atom stereocenters. The van der Waals surface area contributed by atoms with Gasteiger partial charge in [-0.3, -0.25) is 0 Å². The van der Waals surface area contributed by atoms with Crippen LogP contribution in [0.3, 0.4) is 0 Å². The summed E-state index contributed by atoms with van der Waals surface area (Å²) < 4.78 is 38.4. The van der Waals surface area contributed by atoms with Gasteiger partial charge < -0.3 is 10.6 Å². The normalized spacial score (nSPS) is 17.4. The average molecular weight is 301 g/mol. The van der Waals surface area contributed by atoms with Crippen molar-refractivity contribution in [2.24, 2.45) is 5.73 Å². The second-order valence-corrected chi connectivity index (χ2v) is 6.96. The summed E-state index contributed by atoms with van der Waals surface area (Å²) in [5.41, 5.74) is 6.86. The number of anilines is 1. The summed E-state index contributed by atoms with van der Waals surface area (Å²) in [5.74, 6) is -0.274. The third-order valence-electron chi connectivity index (χ3n) is 3.49. The van der Waals surface area contributed by atoms with Crippen molar-refractivity contribution in [3.05, 3.63) is 29.6 Å². The van der Waals surface area contributed by atoms with E-state index in [0.29, 0.717) is 44.8 Å².